The molecular formula is C19H27IN4S. The van der Waals surface area contributed by atoms with Crippen molar-refractivity contribution in [1.82, 2.24) is 15.6 Å². The summed E-state index contributed by atoms with van der Waals surface area (Å²) in [6.45, 7) is 6.78. The van der Waals surface area contributed by atoms with Crippen LogP contribution in [-0.2, 0) is 6.42 Å². The number of hydrogen-bond acceptors (Lipinski definition) is 3. The molecule has 0 amide bonds. The number of thioether (sulfide) groups is 1. The fourth-order valence-corrected chi connectivity index (χ4v) is 3.13. The molecule has 25 heavy (non-hydrogen) atoms. The van der Waals surface area contributed by atoms with E-state index >= 15 is 0 Å². The maximum atomic E-state index is 4.70. The maximum Gasteiger partial charge on any atom is 0.191 e. The number of hydrogen-bond donors (Lipinski definition) is 2. The lowest BCUT2D eigenvalue weighted by atomic mass is 10.2. The first-order valence-electron chi connectivity index (χ1n) is 8.40. The van der Waals surface area contributed by atoms with Crippen molar-refractivity contribution in [3.63, 3.8) is 0 Å². The Morgan fingerprint density at radius 3 is 2.64 bits per heavy atom. The SMILES string of the molecule is CCNC(=NCC(C)Sc1ccccc1)NCCc1cccnc1.I. The van der Waals surface area contributed by atoms with E-state index in [1.54, 1.807) is 6.20 Å². The van der Waals surface area contributed by atoms with Gasteiger partial charge in [0.05, 0.1) is 6.54 Å². The van der Waals surface area contributed by atoms with E-state index in [-0.39, 0.29) is 24.0 Å². The Morgan fingerprint density at radius 2 is 1.96 bits per heavy atom. The Hall–Kier alpha value is -1.28. The quantitative estimate of drug-likeness (QED) is 0.265. The summed E-state index contributed by atoms with van der Waals surface area (Å²) in [5.74, 6) is 0.877. The molecule has 2 rings (SSSR count). The van der Waals surface area contributed by atoms with Crippen LogP contribution in [0.25, 0.3) is 0 Å². The first-order valence-corrected chi connectivity index (χ1v) is 9.28. The molecule has 1 atom stereocenters. The molecule has 4 nitrogen and oxygen atoms in total. The second-order valence-electron chi connectivity index (χ2n) is 5.50. The maximum absolute atomic E-state index is 4.70. The van der Waals surface area contributed by atoms with Crippen LogP contribution in [0.1, 0.15) is 19.4 Å². The van der Waals surface area contributed by atoms with Crippen LogP contribution in [0.4, 0.5) is 0 Å². The first kappa shape index (κ1) is 21.8. The molecule has 6 heteroatoms. The molecule has 1 aromatic heterocycles. The average Bonchev–Trinajstić information content (AvgIpc) is 2.61. The monoisotopic (exact) mass is 470 g/mol. The predicted molar refractivity (Wildman–Crippen MR) is 119 cm³/mol. The van der Waals surface area contributed by atoms with E-state index in [1.165, 1.54) is 10.5 Å². The molecule has 1 unspecified atom stereocenters. The van der Waals surface area contributed by atoms with Gasteiger partial charge in [-0.15, -0.1) is 35.7 Å². The minimum atomic E-state index is 0. The molecule has 0 radical (unpaired) electrons. The number of aromatic nitrogens is 1. The van der Waals surface area contributed by atoms with Crippen molar-refractivity contribution in [1.29, 1.82) is 0 Å². The Bertz CT molecular complexity index is 607. The van der Waals surface area contributed by atoms with E-state index in [4.69, 9.17) is 4.99 Å². The van der Waals surface area contributed by atoms with Crippen LogP contribution in [0.5, 0.6) is 0 Å². The van der Waals surface area contributed by atoms with Gasteiger partial charge in [0, 0.05) is 35.6 Å². The summed E-state index contributed by atoms with van der Waals surface area (Å²) in [6.07, 6.45) is 4.64. The van der Waals surface area contributed by atoms with Gasteiger partial charge in [0.2, 0.25) is 0 Å². The van der Waals surface area contributed by atoms with Crippen LogP contribution in [0, 0.1) is 0 Å². The molecule has 2 aromatic rings. The molecule has 0 fully saturated rings. The third-order valence-electron chi connectivity index (χ3n) is 3.36. The van der Waals surface area contributed by atoms with Crippen molar-refractivity contribution in [3.05, 3.63) is 60.4 Å². The zero-order chi connectivity index (χ0) is 17.0. The van der Waals surface area contributed by atoms with Crippen molar-refractivity contribution in [2.75, 3.05) is 19.6 Å². The van der Waals surface area contributed by atoms with Crippen molar-refractivity contribution >= 4 is 41.7 Å². The summed E-state index contributed by atoms with van der Waals surface area (Å²) in [4.78, 5) is 10.1. The highest BCUT2D eigenvalue weighted by atomic mass is 127. The van der Waals surface area contributed by atoms with Crippen LogP contribution in [-0.4, -0.2) is 35.8 Å². The summed E-state index contributed by atoms with van der Waals surface area (Å²) < 4.78 is 0. The van der Waals surface area contributed by atoms with Gasteiger partial charge < -0.3 is 10.6 Å². The Labute approximate surface area is 172 Å². The second kappa shape index (κ2) is 13.0. The summed E-state index contributed by atoms with van der Waals surface area (Å²) in [5.41, 5.74) is 1.23. The predicted octanol–water partition coefficient (Wildman–Crippen LogP) is 3.98. The van der Waals surface area contributed by atoms with E-state index in [2.05, 4.69) is 59.8 Å². The minimum absolute atomic E-state index is 0. The first-order chi connectivity index (χ1) is 11.8. The summed E-state index contributed by atoms with van der Waals surface area (Å²) >= 11 is 1.85. The number of nitrogens with zero attached hydrogens (tertiary/aromatic N) is 2. The lowest BCUT2D eigenvalue weighted by molar-refractivity contribution is 0.794. The fraction of sp³-hybridized carbons (Fsp3) is 0.368. The molecule has 0 spiro atoms. The molecule has 0 aliphatic carbocycles. The van der Waals surface area contributed by atoms with Crippen LogP contribution >= 0.6 is 35.7 Å². The molecule has 0 saturated carbocycles. The van der Waals surface area contributed by atoms with Crippen molar-refractivity contribution in [2.24, 2.45) is 4.99 Å². The van der Waals surface area contributed by atoms with E-state index < -0.39 is 0 Å². The standard InChI is InChI=1S/C19H26N4S.HI/c1-3-21-19(22-13-11-17-8-7-12-20-15-17)23-14-16(2)24-18-9-5-4-6-10-18;/h4-10,12,15-16H,3,11,13-14H2,1-2H3,(H2,21,22,23);1H. The van der Waals surface area contributed by atoms with E-state index in [9.17, 15) is 0 Å². The number of pyridine rings is 1. The van der Waals surface area contributed by atoms with Gasteiger partial charge in [0.25, 0.3) is 0 Å². The third-order valence-corrected chi connectivity index (χ3v) is 4.46. The van der Waals surface area contributed by atoms with E-state index in [1.807, 2.05) is 30.1 Å². The van der Waals surface area contributed by atoms with Gasteiger partial charge in [-0.3, -0.25) is 9.98 Å². The highest BCUT2D eigenvalue weighted by molar-refractivity contribution is 14.0. The summed E-state index contributed by atoms with van der Waals surface area (Å²) in [6, 6.07) is 14.5. The van der Waals surface area contributed by atoms with E-state index in [0.29, 0.717) is 5.25 Å². The van der Waals surface area contributed by atoms with Crippen molar-refractivity contribution < 1.29 is 0 Å². The Balaban J connectivity index is 0.00000312. The number of aliphatic imine (C=N–C) groups is 1. The number of guanidine groups is 1. The molecule has 1 aromatic carbocycles. The van der Waals surface area contributed by atoms with E-state index in [0.717, 1.165) is 32.0 Å². The molecule has 0 aliphatic heterocycles. The molecule has 1 heterocycles. The number of rotatable bonds is 8. The van der Waals surface area contributed by atoms with Crippen LogP contribution in [0.3, 0.4) is 0 Å². The van der Waals surface area contributed by atoms with Gasteiger partial charge in [0.15, 0.2) is 5.96 Å². The van der Waals surface area contributed by atoms with Gasteiger partial charge in [-0.05, 0) is 37.1 Å². The van der Waals surface area contributed by atoms with Crippen LogP contribution < -0.4 is 10.6 Å². The second-order valence-corrected chi connectivity index (χ2v) is 7.01. The van der Waals surface area contributed by atoms with Crippen LogP contribution in [0.2, 0.25) is 0 Å². The highest BCUT2D eigenvalue weighted by Crippen LogP contribution is 2.22. The van der Waals surface area contributed by atoms with Crippen LogP contribution in [0.15, 0.2) is 64.7 Å². The number of benzene rings is 1. The van der Waals surface area contributed by atoms with Gasteiger partial charge in [-0.1, -0.05) is 31.2 Å². The Kier molecular flexibility index (Phi) is 11.3. The molecule has 0 bridgehead atoms. The molecule has 2 N–H and O–H groups in total. The smallest absolute Gasteiger partial charge is 0.191 e. The van der Waals surface area contributed by atoms with Gasteiger partial charge in [-0.25, -0.2) is 0 Å². The zero-order valence-electron chi connectivity index (χ0n) is 14.8. The normalized spacial score (nSPS) is 12.2. The Morgan fingerprint density at radius 1 is 1.16 bits per heavy atom. The summed E-state index contributed by atoms with van der Waals surface area (Å²) in [7, 11) is 0. The number of halogens is 1. The largest absolute Gasteiger partial charge is 0.357 e. The molecule has 136 valence electrons. The molecular weight excluding hydrogens is 443 g/mol. The highest BCUT2D eigenvalue weighted by Gasteiger charge is 2.04. The van der Waals surface area contributed by atoms with Crippen molar-refractivity contribution in [2.45, 2.75) is 30.4 Å². The average molecular weight is 470 g/mol. The summed E-state index contributed by atoms with van der Waals surface area (Å²) in [5, 5.41) is 7.12. The lowest BCUT2D eigenvalue weighted by Gasteiger charge is -2.13. The zero-order valence-corrected chi connectivity index (χ0v) is 18.0. The fourth-order valence-electron chi connectivity index (χ4n) is 2.20. The van der Waals surface area contributed by atoms with Crippen molar-refractivity contribution in [3.8, 4) is 0 Å². The topological polar surface area (TPSA) is 49.3 Å². The lowest BCUT2D eigenvalue weighted by Crippen LogP contribution is -2.38. The molecule has 0 aliphatic rings. The van der Waals surface area contributed by atoms with Gasteiger partial charge in [0.1, 0.15) is 0 Å². The number of nitrogens with one attached hydrogen (secondary N) is 2. The molecule has 0 saturated heterocycles. The van der Waals surface area contributed by atoms with Gasteiger partial charge >= 0.3 is 0 Å². The minimum Gasteiger partial charge on any atom is -0.357 e. The van der Waals surface area contributed by atoms with Gasteiger partial charge in [-0.2, -0.15) is 0 Å². The third kappa shape index (κ3) is 9.11.